The number of hydrogen-bond donors (Lipinski definition) is 4. The number of aliphatic hydroxyl groups is 2. The van der Waals surface area contributed by atoms with Gasteiger partial charge in [0.1, 0.15) is 17.0 Å². The van der Waals surface area contributed by atoms with E-state index < -0.39 is 11.2 Å². The third kappa shape index (κ3) is 4.48. The van der Waals surface area contributed by atoms with E-state index >= 15 is 0 Å². The summed E-state index contributed by atoms with van der Waals surface area (Å²) >= 11 is 0. The lowest BCUT2D eigenvalue weighted by molar-refractivity contribution is -0.0989. The maximum Gasteiger partial charge on any atom is 0.131 e. The van der Waals surface area contributed by atoms with Crippen LogP contribution in [0.25, 0.3) is 0 Å². The van der Waals surface area contributed by atoms with Crippen molar-refractivity contribution in [1.29, 1.82) is 0 Å². The molecule has 7 aliphatic carbocycles. The van der Waals surface area contributed by atoms with Crippen molar-refractivity contribution in [3.63, 3.8) is 0 Å². The smallest absolute Gasteiger partial charge is 0.131 e. The summed E-state index contributed by atoms with van der Waals surface area (Å²) in [6.07, 6.45) is 29.2. The maximum atomic E-state index is 11.1. The Bertz CT molecular complexity index is 1510. The maximum absolute atomic E-state index is 11.1. The number of nitrogens with zero attached hydrogens (tertiary/aromatic N) is 1. The van der Waals surface area contributed by atoms with E-state index in [0.717, 1.165) is 95.1 Å². The molecule has 0 unspecified atom stereocenters. The Kier molecular flexibility index (Phi) is 7.93. The molecule has 5 saturated carbocycles. The third-order valence-corrected chi connectivity index (χ3v) is 15.3. The lowest BCUT2D eigenvalue weighted by Crippen LogP contribution is -2.53. The highest BCUT2D eigenvalue weighted by Crippen LogP contribution is 2.67. The van der Waals surface area contributed by atoms with Gasteiger partial charge < -0.3 is 20.5 Å². The number of benzene rings is 1. The van der Waals surface area contributed by atoms with E-state index in [-0.39, 0.29) is 10.8 Å². The largest absolute Gasteiger partial charge is 0.508 e. The minimum Gasteiger partial charge on any atom is -0.508 e. The zero-order valence-corrected chi connectivity index (χ0v) is 27.8. The molecule has 1 aromatic carbocycles. The van der Waals surface area contributed by atoms with Crippen molar-refractivity contribution in [1.82, 2.24) is 0 Å². The van der Waals surface area contributed by atoms with Gasteiger partial charge in [-0.25, -0.2) is 0 Å². The Balaban J connectivity index is 0.000000147. The van der Waals surface area contributed by atoms with Crippen LogP contribution in [-0.2, 0) is 6.42 Å². The molecule has 246 valence electrons. The van der Waals surface area contributed by atoms with Gasteiger partial charge in [0.2, 0.25) is 0 Å². The van der Waals surface area contributed by atoms with Crippen LogP contribution in [0.4, 0.5) is 0 Å². The molecule has 11 atom stereocenters. The number of aromatic hydroxyl groups is 1. The molecular formula is C41H53NO4. The van der Waals surface area contributed by atoms with Crippen LogP contribution >= 0.6 is 0 Å². The molecule has 0 aromatic heterocycles. The Morgan fingerprint density at radius 2 is 1.54 bits per heavy atom. The first-order valence-corrected chi connectivity index (χ1v) is 18.2. The SMILES string of the molecule is C#C[C@]1(O)CC[C@H]2[C@@H]3CCC4=CC(=NO)CC[C@@H]4[C@H]3CC[C@@]21CC.C#C[C@]1(O)CC[C@H]2[C@@H]3CCc4cc(O)ccc4[C@H]3CC[C@@]21C. The highest BCUT2D eigenvalue weighted by atomic mass is 16.4. The summed E-state index contributed by atoms with van der Waals surface area (Å²) < 4.78 is 0. The van der Waals surface area contributed by atoms with Crippen LogP contribution in [0, 0.1) is 71.0 Å². The van der Waals surface area contributed by atoms with Crippen molar-refractivity contribution in [2.45, 2.75) is 127 Å². The van der Waals surface area contributed by atoms with Crippen LogP contribution in [0.15, 0.2) is 35.0 Å². The lowest BCUT2D eigenvalue weighted by Gasteiger charge is -2.56. The summed E-state index contributed by atoms with van der Waals surface area (Å²) in [5.74, 6) is 10.3. The number of oxime groups is 1. The summed E-state index contributed by atoms with van der Waals surface area (Å²) in [7, 11) is 0. The van der Waals surface area contributed by atoms with Crippen LogP contribution < -0.4 is 0 Å². The Morgan fingerprint density at radius 1 is 0.804 bits per heavy atom. The second-order valence-corrected chi connectivity index (χ2v) is 16.3. The number of allylic oxidation sites excluding steroid dienone is 2. The normalized spacial score (nSPS) is 46.0. The van der Waals surface area contributed by atoms with Gasteiger partial charge >= 0.3 is 0 Å². The molecule has 0 heterocycles. The highest BCUT2D eigenvalue weighted by Gasteiger charge is 2.64. The predicted molar refractivity (Wildman–Crippen MR) is 181 cm³/mol. The van der Waals surface area contributed by atoms with E-state index in [1.807, 2.05) is 12.1 Å². The van der Waals surface area contributed by atoms with Crippen LogP contribution in [0.5, 0.6) is 5.75 Å². The predicted octanol–water partition coefficient (Wildman–Crippen LogP) is 7.76. The molecule has 8 rings (SSSR count). The fourth-order valence-electron chi connectivity index (χ4n) is 12.9. The van der Waals surface area contributed by atoms with Crippen molar-refractivity contribution in [2.24, 2.45) is 51.5 Å². The summed E-state index contributed by atoms with van der Waals surface area (Å²) in [6.45, 7) is 4.44. The van der Waals surface area contributed by atoms with Gasteiger partial charge in [0.25, 0.3) is 0 Å². The number of hydrogen-bond acceptors (Lipinski definition) is 5. The zero-order chi connectivity index (χ0) is 32.5. The molecule has 0 spiro atoms. The minimum absolute atomic E-state index is 0.0590. The Labute approximate surface area is 276 Å². The van der Waals surface area contributed by atoms with Crippen LogP contribution in [0.3, 0.4) is 0 Å². The highest BCUT2D eigenvalue weighted by molar-refractivity contribution is 5.96. The average molecular weight is 624 g/mol. The quantitative estimate of drug-likeness (QED) is 0.146. The standard InChI is InChI=1S/C21H29NO2.C20H24O2/c1-3-20-11-9-17-16-8-6-15(22-24)13-14(16)5-7-18(17)19(20)10-12-21(20,23)4-2;1-3-20(22)11-9-18-17-6-4-13-12-14(21)5-7-15(13)16(17)8-10-19(18,20)2/h2,13,16-19,23-24H,3,5-12H2,1H3;1,5,7,12,16-18,21-22H,4,6,8-11H2,2H3/t16-,17+,18+,19-,20-,21-;16-,17-,18+,19+,20+/m01/s1. The summed E-state index contributed by atoms with van der Waals surface area (Å²) in [4.78, 5) is 0. The van der Waals surface area contributed by atoms with Gasteiger partial charge in [-0.15, -0.1) is 12.8 Å². The minimum atomic E-state index is -0.919. The summed E-state index contributed by atoms with van der Waals surface area (Å²) in [5.41, 5.74) is 3.09. The van der Waals surface area contributed by atoms with Crippen molar-refractivity contribution >= 4 is 5.71 Å². The summed E-state index contributed by atoms with van der Waals surface area (Å²) in [6, 6.07) is 5.87. The van der Waals surface area contributed by atoms with E-state index in [2.05, 4.69) is 43.0 Å². The zero-order valence-electron chi connectivity index (χ0n) is 27.8. The molecule has 5 fully saturated rings. The van der Waals surface area contributed by atoms with Crippen LogP contribution in [-0.4, -0.2) is 37.4 Å². The number of terminal acetylenes is 2. The first-order chi connectivity index (χ1) is 22.1. The number of phenolic OH excluding ortho intramolecular Hbond substituents is 1. The topological polar surface area (TPSA) is 93.3 Å². The number of aryl methyl sites for hydroxylation is 1. The van der Waals surface area contributed by atoms with Crippen molar-refractivity contribution in [3.8, 4) is 30.4 Å². The van der Waals surface area contributed by atoms with Gasteiger partial charge in [-0.3, -0.25) is 0 Å². The van der Waals surface area contributed by atoms with Crippen molar-refractivity contribution < 1.29 is 20.5 Å². The number of rotatable bonds is 1. The molecule has 0 amide bonds. The molecule has 0 saturated heterocycles. The Morgan fingerprint density at radius 3 is 2.28 bits per heavy atom. The average Bonchev–Trinajstić information content (AvgIpc) is 3.55. The molecule has 5 heteroatoms. The van der Waals surface area contributed by atoms with E-state index in [0.29, 0.717) is 41.3 Å². The van der Waals surface area contributed by atoms with E-state index in [1.165, 1.54) is 29.5 Å². The molecular weight excluding hydrogens is 570 g/mol. The fraction of sp³-hybridized carbons (Fsp3) is 0.683. The molecule has 0 aliphatic heterocycles. The Hall–Kier alpha value is -2.73. The van der Waals surface area contributed by atoms with Gasteiger partial charge in [0, 0.05) is 10.8 Å². The van der Waals surface area contributed by atoms with Gasteiger partial charge in [0.05, 0.1) is 5.71 Å². The van der Waals surface area contributed by atoms with Gasteiger partial charge in [-0.1, -0.05) is 42.5 Å². The summed E-state index contributed by atoms with van der Waals surface area (Å²) in [5, 5.41) is 44.3. The molecule has 0 radical (unpaired) electrons. The van der Waals surface area contributed by atoms with Crippen LogP contribution in [0.1, 0.15) is 121 Å². The second kappa shape index (κ2) is 11.5. The second-order valence-electron chi connectivity index (χ2n) is 16.3. The van der Waals surface area contributed by atoms with E-state index in [4.69, 9.17) is 18.1 Å². The number of phenols is 1. The first-order valence-electron chi connectivity index (χ1n) is 18.2. The third-order valence-electron chi connectivity index (χ3n) is 15.3. The monoisotopic (exact) mass is 623 g/mol. The number of fused-ring (bicyclic) bond motifs is 10. The van der Waals surface area contributed by atoms with E-state index in [1.54, 1.807) is 0 Å². The molecule has 4 N–H and O–H groups in total. The molecule has 7 aliphatic rings. The molecule has 5 nitrogen and oxygen atoms in total. The lowest BCUT2D eigenvalue weighted by atomic mass is 9.49. The van der Waals surface area contributed by atoms with Gasteiger partial charge in [-0.05, 0) is 167 Å². The van der Waals surface area contributed by atoms with Gasteiger partial charge in [0.15, 0.2) is 0 Å². The van der Waals surface area contributed by atoms with Gasteiger partial charge in [-0.2, -0.15) is 0 Å². The molecule has 1 aromatic rings. The van der Waals surface area contributed by atoms with Crippen LogP contribution in [0.2, 0.25) is 0 Å². The first kappa shape index (κ1) is 31.8. The fourth-order valence-corrected chi connectivity index (χ4v) is 12.9. The molecule has 0 bridgehead atoms. The van der Waals surface area contributed by atoms with Crippen molar-refractivity contribution in [3.05, 3.63) is 41.0 Å². The van der Waals surface area contributed by atoms with E-state index in [9.17, 15) is 15.3 Å². The van der Waals surface area contributed by atoms with Crippen molar-refractivity contribution in [2.75, 3.05) is 0 Å². The molecule has 46 heavy (non-hydrogen) atoms.